The maximum atomic E-state index is 12.2. The monoisotopic (exact) mass is 429 g/mol. The number of nitriles is 1. The SMILES string of the molecule is CN=CC(=CN)c1cc2c(cc1C#N)N(c1cccc3c1N[C@H](C)CC(=O)N3)CCN2C. The summed E-state index contributed by atoms with van der Waals surface area (Å²) in [5.41, 5.74) is 12.4. The van der Waals surface area contributed by atoms with Crippen molar-refractivity contribution in [1.82, 2.24) is 0 Å². The molecule has 8 heteroatoms. The molecule has 0 radical (unpaired) electrons. The van der Waals surface area contributed by atoms with Crippen molar-refractivity contribution in [2.24, 2.45) is 10.7 Å². The molecule has 0 saturated carbocycles. The third-order valence-electron chi connectivity index (χ3n) is 5.84. The number of anilines is 5. The van der Waals surface area contributed by atoms with Gasteiger partial charge in [0.15, 0.2) is 0 Å². The Morgan fingerprint density at radius 2 is 2.09 bits per heavy atom. The molecule has 0 fully saturated rings. The van der Waals surface area contributed by atoms with Crippen LogP contribution in [-0.2, 0) is 4.79 Å². The molecule has 2 heterocycles. The summed E-state index contributed by atoms with van der Waals surface area (Å²) in [7, 11) is 3.72. The van der Waals surface area contributed by atoms with Gasteiger partial charge >= 0.3 is 0 Å². The van der Waals surface area contributed by atoms with Crippen molar-refractivity contribution in [3.05, 3.63) is 47.7 Å². The molecule has 1 amide bonds. The number of carbonyl (C=O) groups is 1. The second-order valence-electron chi connectivity index (χ2n) is 8.08. The summed E-state index contributed by atoms with van der Waals surface area (Å²) >= 11 is 0. The topological polar surface area (TPSA) is 110 Å². The number of fused-ring (bicyclic) bond motifs is 2. The van der Waals surface area contributed by atoms with E-state index in [1.54, 1.807) is 13.3 Å². The standard InChI is InChI=1S/C24H27N7O/c1-15-9-23(32)29-19-5-4-6-20(24(19)28-15)31-8-7-30(3)21-11-18(17(13-26)14-27-2)16(12-25)10-22(21)31/h4-6,10-11,13-15,28H,7-9,26H2,1-3H3,(H,29,32)/t15-/m1/s1. The van der Waals surface area contributed by atoms with Crippen LogP contribution in [0.2, 0.25) is 0 Å². The number of aliphatic imine (C=N–C) groups is 1. The van der Waals surface area contributed by atoms with Crippen LogP contribution in [0, 0.1) is 11.3 Å². The Labute approximate surface area is 188 Å². The third kappa shape index (κ3) is 3.73. The Bertz CT molecular complexity index is 1160. The lowest BCUT2D eigenvalue weighted by Gasteiger charge is -2.38. The summed E-state index contributed by atoms with van der Waals surface area (Å²) in [6.45, 7) is 3.54. The van der Waals surface area contributed by atoms with Crippen LogP contribution < -0.4 is 26.2 Å². The highest BCUT2D eigenvalue weighted by molar-refractivity contribution is 6.11. The molecule has 0 bridgehead atoms. The van der Waals surface area contributed by atoms with Crippen molar-refractivity contribution in [1.29, 1.82) is 5.26 Å². The van der Waals surface area contributed by atoms with Crippen LogP contribution in [0.25, 0.3) is 5.57 Å². The molecule has 2 aliphatic heterocycles. The molecule has 0 saturated heterocycles. The van der Waals surface area contributed by atoms with Gasteiger partial charge in [-0.15, -0.1) is 0 Å². The minimum absolute atomic E-state index is 0.00484. The highest BCUT2D eigenvalue weighted by Gasteiger charge is 2.28. The first-order valence-electron chi connectivity index (χ1n) is 10.6. The molecular formula is C24H27N7O. The Hall–Kier alpha value is -3.99. The van der Waals surface area contributed by atoms with E-state index in [4.69, 9.17) is 5.73 Å². The maximum Gasteiger partial charge on any atom is 0.226 e. The smallest absolute Gasteiger partial charge is 0.226 e. The zero-order chi connectivity index (χ0) is 22.8. The highest BCUT2D eigenvalue weighted by Crippen LogP contribution is 2.45. The summed E-state index contributed by atoms with van der Waals surface area (Å²) in [4.78, 5) is 20.7. The largest absolute Gasteiger partial charge is 0.404 e. The fourth-order valence-electron chi connectivity index (χ4n) is 4.31. The van der Waals surface area contributed by atoms with E-state index >= 15 is 0 Å². The molecule has 2 aliphatic rings. The van der Waals surface area contributed by atoms with Gasteiger partial charge in [0, 0.05) is 63.2 Å². The number of likely N-dealkylation sites (N-methyl/N-ethyl adjacent to an activating group) is 1. The summed E-state index contributed by atoms with van der Waals surface area (Å²) < 4.78 is 0. The number of allylic oxidation sites excluding steroid dienone is 1. The van der Waals surface area contributed by atoms with Crippen molar-refractivity contribution in [3.63, 3.8) is 0 Å². The summed E-state index contributed by atoms with van der Waals surface area (Å²) in [6.07, 6.45) is 3.54. The van der Waals surface area contributed by atoms with Crippen LogP contribution in [0.3, 0.4) is 0 Å². The van der Waals surface area contributed by atoms with Gasteiger partial charge in [-0.1, -0.05) is 6.07 Å². The zero-order valence-corrected chi connectivity index (χ0v) is 18.5. The lowest BCUT2D eigenvalue weighted by Crippen LogP contribution is -2.37. The Morgan fingerprint density at radius 3 is 2.81 bits per heavy atom. The molecule has 2 aromatic rings. The van der Waals surface area contributed by atoms with Crippen molar-refractivity contribution in [3.8, 4) is 6.07 Å². The van der Waals surface area contributed by atoms with Crippen LogP contribution in [-0.4, -0.2) is 45.3 Å². The van der Waals surface area contributed by atoms with E-state index in [0.29, 0.717) is 17.6 Å². The predicted octanol–water partition coefficient (Wildman–Crippen LogP) is 3.29. The van der Waals surface area contributed by atoms with Crippen molar-refractivity contribution >= 4 is 46.1 Å². The minimum Gasteiger partial charge on any atom is -0.404 e. The van der Waals surface area contributed by atoms with Gasteiger partial charge in [0.05, 0.1) is 40.1 Å². The second kappa shape index (κ2) is 8.63. The van der Waals surface area contributed by atoms with Gasteiger partial charge in [-0.25, -0.2) is 0 Å². The van der Waals surface area contributed by atoms with Gasteiger partial charge in [-0.2, -0.15) is 5.26 Å². The summed E-state index contributed by atoms with van der Waals surface area (Å²) in [5.74, 6) is -0.00484. The summed E-state index contributed by atoms with van der Waals surface area (Å²) in [5, 5.41) is 16.4. The van der Waals surface area contributed by atoms with E-state index in [1.165, 1.54) is 6.20 Å². The van der Waals surface area contributed by atoms with E-state index in [9.17, 15) is 10.1 Å². The zero-order valence-electron chi connectivity index (χ0n) is 18.5. The third-order valence-corrected chi connectivity index (χ3v) is 5.84. The number of benzene rings is 2. The van der Waals surface area contributed by atoms with Crippen LogP contribution in [0.1, 0.15) is 24.5 Å². The van der Waals surface area contributed by atoms with E-state index in [1.807, 2.05) is 44.3 Å². The average Bonchev–Trinajstić information content (AvgIpc) is 2.93. The first-order chi connectivity index (χ1) is 15.5. The Balaban J connectivity index is 1.88. The molecule has 1 atom stereocenters. The molecule has 164 valence electrons. The molecule has 0 aliphatic carbocycles. The maximum absolute atomic E-state index is 12.2. The number of amides is 1. The highest BCUT2D eigenvalue weighted by atomic mass is 16.1. The Morgan fingerprint density at radius 1 is 1.28 bits per heavy atom. The van der Waals surface area contributed by atoms with Crippen LogP contribution in [0.15, 0.2) is 41.5 Å². The molecule has 2 aromatic carbocycles. The van der Waals surface area contributed by atoms with Gasteiger partial charge in [0.1, 0.15) is 0 Å². The number of para-hydroxylation sites is 1. The van der Waals surface area contributed by atoms with Crippen molar-refractivity contribution in [2.45, 2.75) is 19.4 Å². The average molecular weight is 430 g/mol. The first-order valence-corrected chi connectivity index (χ1v) is 10.6. The van der Waals surface area contributed by atoms with Gasteiger partial charge in [0.2, 0.25) is 5.91 Å². The molecule has 0 aromatic heterocycles. The van der Waals surface area contributed by atoms with Gasteiger partial charge < -0.3 is 26.2 Å². The number of rotatable bonds is 3. The van der Waals surface area contributed by atoms with Crippen molar-refractivity contribution in [2.75, 3.05) is 47.6 Å². The quantitative estimate of drug-likeness (QED) is 0.646. The lowest BCUT2D eigenvalue weighted by atomic mass is 9.97. The number of hydrogen-bond donors (Lipinski definition) is 3. The molecule has 32 heavy (non-hydrogen) atoms. The van der Waals surface area contributed by atoms with Gasteiger partial charge in [0.25, 0.3) is 0 Å². The fourth-order valence-corrected chi connectivity index (χ4v) is 4.31. The predicted molar refractivity (Wildman–Crippen MR) is 131 cm³/mol. The normalized spacial score (nSPS) is 18.4. The molecule has 0 unspecified atom stereocenters. The van der Waals surface area contributed by atoms with Crippen LogP contribution in [0.5, 0.6) is 0 Å². The van der Waals surface area contributed by atoms with E-state index < -0.39 is 0 Å². The van der Waals surface area contributed by atoms with Crippen LogP contribution >= 0.6 is 0 Å². The number of nitrogens with zero attached hydrogens (tertiary/aromatic N) is 4. The molecule has 4 rings (SSSR count). The second-order valence-corrected chi connectivity index (χ2v) is 8.08. The minimum atomic E-state index is -0.00484. The fraction of sp³-hybridized carbons (Fsp3) is 0.292. The number of carbonyl (C=O) groups excluding carboxylic acids is 1. The van der Waals surface area contributed by atoms with Gasteiger partial charge in [-0.05, 0) is 31.2 Å². The van der Waals surface area contributed by atoms with Crippen LogP contribution in [0.4, 0.5) is 28.4 Å². The number of hydrogen-bond acceptors (Lipinski definition) is 7. The van der Waals surface area contributed by atoms with E-state index in [-0.39, 0.29) is 11.9 Å². The molecular weight excluding hydrogens is 402 g/mol. The van der Waals surface area contributed by atoms with Crippen molar-refractivity contribution < 1.29 is 4.79 Å². The number of nitrogens with two attached hydrogens (primary N) is 1. The van der Waals surface area contributed by atoms with E-state index in [2.05, 4.69) is 31.5 Å². The van der Waals surface area contributed by atoms with E-state index in [0.717, 1.165) is 47.1 Å². The molecule has 8 nitrogen and oxygen atoms in total. The molecule has 4 N–H and O–H groups in total. The number of nitrogens with one attached hydrogen (secondary N) is 2. The first kappa shape index (κ1) is 21.2. The summed E-state index contributed by atoms with van der Waals surface area (Å²) in [6, 6.07) is 12.1. The van der Waals surface area contributed by atoms with Gasteiger partial charge in [-0.3, -0.25) is 9.79 Å². The Kier molecular flexibility index (Phi) is 5.73. The molecule has 0 spiro atoms. The lowest BCUT2D eigenvalue weighted by molar-refractivity contribution is -0.116.